The maximum absolute atomic E-state index is 12.2. The van der Waals surface area contributed by atoms with Crippen molar-refractivity contribution in [1.29, 1.82) is 0 Å². The Hall–Kier alpha value is -1.14. The van der Waals surface area contributed by atoms with Gasteiger partial charge in [-0.15, -0.1) is 0 Å². The lowest BCUT2D eigenvalue weighted by molar-refractivity contribution is -0.145. The van der Waals surface area contributed by atoms with Crippen molar-refractivity contribution in [2.75, 3.05) is 32.8 Å². The van der Waals surface area contributed by atoms with Crippen molar-refractivity contribution in [3.05, 3.63) is 0 Å². The summed E-state index contributed by atoms with van der Waals surface area (Å²) in [4.78, 5) is 24.8. The molecule has 1 saturated heterocycles. The topological polar surface area (TPSA) is 78.9 Å². The fourth-order valence-corrected chi connectivity index (χ4v) is 2.44. The number of carbonyl (C=O) groups excluding carboxylic acids is 1. The summed E-state index contributed by atoms with van der Waals surface area (Å²) in [7, 11) is 0. The third-order valence-electron chi connectivity index (χ3n) is 4.02. The van der Waals surface area contributed by atoms with Gasteiger partial charge < -0.3 is 20.1 Å². The number of carboxylic acid groups (broad SMARTS) is 1. The average molecular weight is 300 g/mol. The number of carbonyl (C=O) groups is 2. The van der Waals surface area contributed by atoms with Crippen LogP contribution in [0.3, 0.4) is 0 Å². The second-order valence-electron chi connectivity index (χ2n) is 5.88. The van der Waals surface area contributed by atoms with Crippen LogP contribution in [0.2, 0.25) is 0 Å². The maximum Gasteiger partial charge on any atom is 0.306 e. The van der Waals surface area contributed by atoms with Gasteiger partial charge in [-0.2, -0.15) is 0 Å². The molecule has 6 nitrogen and oxygen atoms in total. The Morgan fingerprint density at radius 2 is 1.95 bits per heavy atom. The number of hydrogen-bond donors (Lipinski definition) is 2. The molecule has 0 aromatic carbocycles. The van der Waals surface area contributed by atoms with Gasteiger partial charge in [-0.25, -0.2) is 0 Å². The van der Waals surface area contributed by atoms with Crippen molar-refractivity contribution in [2.24, 2.45) is 11.8 Å². The number of piperidine rings is 1. The summed E-state index contributed by atoms with van der Waals surface area (Å²) in [5.74, 6) is -0.622. The normalized spacial score (nSPS) is 18.0. The first-order chi connectivity index (χ1) is 9.95. The number of carboxylic acids is 1. The van der Waals surface area contributed by atoms with Crippen LogP contribution in [0.4, 0.5) is 0 Å². The fraction of sp³-hybridized carbons (Fsp3) is 0.867. The van der Waals surface area contributed by atoms with Crippen LogP contribution < -0.4 is 5.32 Å². The van der Waals surface area contributed by atoms with Crippen molar-refractivity contribution in [2.45, 2.75) is 39.7 Å². The van der Waals surface area contributed by atoms with E-state index in [-0.39, 0.29) is 24.4 Å². The van der Waals surface area contributed by atoms with Crippen LogP contribution in [0.1, 0.15) is 33.6 Å². The van der Waals surface area contributed by atoms with Gasteiger partial charge >= 0.3 is 5.97 Å². The molecule has 6 heteroatoms. The van der Waals surface area contributed by atoms with E-state index < -0.39 is 5.97 Å². The summed E-state index contributed by atoms with van der Waals surface area (Å²) in [6.07, 6.45) is 1.10. The molecule has 2 N–H and O–H groups in total. The molecule has 1 unspecified atom stereocenters. The van der Waals surface area contributed by atoms with E-state index in [2.05, 4.69) is 19.2 Å². The standard InChI is InChI=1S/C15H28N2O4/c1-4-21-10-13(11(2)3)16-9-14(18)17-7-5-12(6-8-17)15(19)20/h11-13,16H,4-10H2,1-3H3,(H,19,20). The molecule has 0 saturated carbocycles. The first-order valence-electron chi connectivity index (χ1n) is 7.77. The minimum absolute atomic E-state index is 0.0426. The van der Waals surface area contributed by atoms with Gasteiger partial charge in [0.1, 0.15) is 0 Å². The molecule has 0 radical (unpaired) electrons. The van der Waals surface area contributed by atoms with Gasteiger partial charge in [0, 0.05) is 25.7 Å². The summed E-state index contributed by atoms with van der Waals surface area (Å²) in [5.41, 5.74) is 0. The summed E-state index contributed by atoms with van der Waals surface area (Å²) < 4.78 is 5.42. The van der Waals surface area contributed by atoms with Crippen LogP contribution in [-0.2, 0) is 14.3 Å². The zero-order chi connectivity index (χ0) is 15.8. The number of rotatable bonds is 8. The lowest BCUT2D eigenvalue weighted by atomic mass is 9.97. The highest BCUT2D eigenvalue weighted by atomic mass is 16.5. The Balaban J connectivity index is 2.34. The molecule has 122 valence electrons. The first kappa shape index (κ1) is 17.9. The number of nitrogens with one attached hydrogen (secondary N) is 1. The minimum Gasteiger partial charge on any atom is -0.481 e. The molecular formula is C15H28N2O4. The lowest BCUT2D eigenvalue weighted by Crippen LogP contribution is -2.47. The van der Waals surface area contributed by atoms with E-state index in [0.29, 0.717) is 45.1 Å². The van der Waals surface area contributed by atoms with Crippen molar-refractivity contribution in [3.63, 3.8) is 0 Å². The third kappa shape index (κ3) is 6.01. The Kier molecular flexibility index (Phi) is 7.67. The monoisotopic (exact) mass is 300 g/mol. The van der Waals surface area contributed by atoms with E-state index in [4.69, 9.17) is 9.84 Å². The van der Waals surface area contributed by atoms with Gasteiger partial charge in [-0.3, -0.25) is 9.59 Å². The van der Waals surface area contributed by atoms with E-state index >= 15 is 0 Å². The largest absolute Gasteiger partial charge is 0.481 e. The van der Waals surface area contributed by atoms with Crippen LogP contribution in [0.5, 0.6) is 0 Å². The summed E-state index contributed by atoms with van der Waals surface area (Å²) in [6, 6.07) is 0.158. The van der Waals surface area contributed by atoms with Gasteiger partial charge in [-0.1, -0.05) is 13.8 Å². The third-order valence-corrected chi connectivity index (χ3v) is 4.02. The zero-order valence-electron chi connectivity index (χ0n) is 13.3. The minimum atomic E-state index is -0.753. The SMILES string of the molecule is CCOCC(NCC(=O)N1CCC(C(=O)O)CC1)C(C)C. The van der Waals surface area contributed by atoms with Crippen LogP contribution in [-0.4, -0.2) is 60.8 Å². The lowest BCUT2D eigenvalue weighted by Gasteiger charge is -2.31. The summed E-state index contributed by atoms with van der Waals surface area (Å²) in [5, 5.41) is 12.2. The van der Waals surface area contributed by atoms with E-state index in [9.17, 15) is 9.59 Å². The molecule has 1 aliphatic rings. The molecule has 0 spiro atoms. The quantitative estimate of drug-likeness (QED) is 0.698. The van der Waals surface area contributed by atoms with Gasteiger partial charge in [0.15, 0.2) is 0 Å². The predicted molar refractivity (Wildman–Crippen MR) is 80.1 cm³/mol. The Labute approximate surface area is 126 Å². The van der Waals surface area contributed by atoms with E-state index in [1.807, 2.05) is 6.92 Å². The highest BCUT2D eigenvalue weighted by Crippen LogP contribution is 2.17. The van der Waals surface area contributed by atoms with Gasteiger partial charge in [0.25, 0.3) is 0 Å². The van der Waals surface area contributed by atoms with Crippen LogP contribution in [0.15, 0.2) is 0 Å². The highest BCUT2D eigenvalue weighted by molar-refractivity contribution is 5.79. The molecule has 1 rings (SSSR count). The molecule has 1 atom stereocenters. The van der Waals surface area contributed by atoms with E-state index in [1.54, 1.807) is 4.90 Å². The number of likely N-dealkylation sites (tertiary alicyclic amines) is 1. The molecule has 1 heterocycles. The molecule has 1 amide bonds. The molecule has 1 fully saturated rings. The van der Waals surface area contributed by atoms with Crippen molar-refractivity contribution in [1.82, 2.24) is 10.2 Å². The summed E-state index contributed by atoms with van der Waals surface area (Å²) in [6.45, 7) is 8.77. The molecular weight excluding hydrogens is 272 g/mol. The Morgan fingerprint density at radius 3 is 2.43 bits per heavy atom. The van der Waals surface area contributed by atoms with Crippen LogP contribution in [0, 0.1) is 11.8 Å². The smallest absolute Gasteiger partial charge is 0.306 e. The second-order valence-corrected chi connectivity index (χ2v) is 5.88. The number of hydrogen-bond acceptors (Lipinski definition) is 4. The zero-order valence-corrected chi connectivity index (χ0v) is 13.3. The van der Waals surface area contributed by atoms with E-state index in [1.165, 1.54) is 0 Å². The molecule has 0 bridgehead atoms. The van der Waals surface area contributed by atoms with Crippen molar-refractivity contribution >= 4 is 11.9 Å². The Morgan fingerprint density at radius 1 is 1.33 bits per heavy atom. The molecule has 0 aromatic rings. The number of aliphatic carboxylic acids is 1. The summed E-state index contributed by atoms with van der Waals surface area (Å²) >= 11 is 0. The first-order valence-corrected chi connectivity index (χ1v) is 7.77. The van der Waals surface area contributed by atoms with Crippen molar-refractivity contribution in [3.8, 4) is 0 Å². The van der Waals surface area contributed by atoms with Crippen molar-refractivity contribution < 1.29 is 19.4 Å². The number of ether oxygens (including phenoxy) is 1. The predicted octanol–water partition coefficient (Wildman–Crippen LogP) is 0.960. The van der Waals surface area contributed by atoms with Crippen LogP contribution in [0.25, 0.3) is 0 Å². The molecule has 0 aliphatic carbocycles. The van der Waals surface area contributed by atoms with Gasteiger partial charge in [-0.05, 0) is 25.7 Å². The number of nitrogens with zero attached hydrogens (tertiary/aromatic N) is 1. The van der Waals surface area contributed by atoms with E-state index in [0.717, 1.165) is 0 Å². The Bertz CT molecular complexity index is 339. The highest BCUT2D eigenvalue weighted by Gasteiger charge is 2.27. The second kappa shape index (κ2) is 9.00. The molecule has 21 heavy (non-hydrogen) atoms. The van der Waals surface area contributed by atoms with Crippen LogP contribution >= 0.6 is 0 Å². The number of amides is 1. The van der Waals surface area contributed by atoms with Gasteiger partial charge in [0.2, 0.25) is 5.91 Å². The van der Waals surface area contributed by atoms with Gasteiger partial charge in [0.05, 0.1) is 19.1 Å². The average Bonchev–Trinajstić information content (AvgIpc) is 2.46. The molecule has 0 aromatic heterocycles. The maximum atomic E-state index is 12.2. The molecule has 1 aliphatic heterocycles. The fourth-order valence-electron chi connectivity index (χ4n) is 2.44.